The molecule has 3 aromatic rings. The Labute approximate surface area is 126 Å². The van der Waals surface area contributed by atoms with Gasteiger partial charge >= 0.3 is 0 Å². The Kier molecular flexibility index (Phi) is 3.76. The number of benzene rings is 1. The number of rotatable bonds is 4. The molecule has 1 aromatic carbocycles. The number of thiophene rings is 1. The molecule has 0 spiro atoms. The third kappa shape index (κ3) is 2.86. The minimum absolute atomic E-state index is 0.233. The van der Waals surface area contributed by atoms with Crippen LogP contribution in [-0.2, 0) is 0 Å². The van der Waals surface area contributed by atoms with Gasteiger partial charge in [0.15, 0.2) is 0 Å². The highest BCUT2D eigenvalue weighted by Gasteiger charge is 2.07. The molecule has 1 unspecified atom stereocenters. The number of anilines is 1. The Balaban J connectivity index is 1.72. The molecule has 0 bridgehead atoms. The summed E-state index contributed by atoms with van der Waals surface area (Å²) in [7, 11) is 0. The van der Waals surface area contributed by atoms with Crippen molar-refractivity contribution in [3.8, 4) is 11.3 Å². The van der Waals surface area contributed by atoms with Crippen molar-refractivity contribution in [2.75, 3.05) is 5.32 Å². The monoisotopic (exact) mass is 303 g/mol. The van der Waals surface area contributed by atoms with E-state index in [1.165, 1.54) is 5.56 Å². The van der Waals surface area contributed by atoms with Gasteiger partial charge in [0.25, 0.3) is 0 Å². The molecule has 1 atom stereocenters. The van der Waals surface area contributed by atoms with Gasteiger partial charge in [-0.2, -0.15) is 5.10 Å². The summed E-state index contributed by atoms with van der Waals surface area (Å²) in [5.41, 5.74) is 4.44. The summed E-state index contributed by atoms with van der Waals surface area (Å²) in [6, 6.07) is 12.5. The van der Waals surface area contributed by atoms with E-state index >= 15 is 0 Å². The Morgan fingerprint density at radius 1 is 1.25 bits per heavy atom. The zero-order valence-corrected chi connectivity index (χ0v) is 12.5. The van der Waals surface area contributed by atoms with Gasteiger partial charge in [-0.05, 0) is 47.7 Å². The van der Waals surface area contributed by atoms with Crippen LogP contribution in [0.1, 0.15) is 18.5 Å². The molecule has 3 rings (SSSR count). The summed E-state index contributed by atoms with van der Waals surface area (Å²) in [6.45, 7) is 2.13. The van der Waals surface area contributed by atoms with Gasteiger partial charge in [0.1, 0.15) is 0 Å². The molecule has 0 aliphatic rings. The fourth-order valence-corrected chi connectivity index (χ4v) is 3.03. The van der Waals surface area contributed by atoms with Gasteiger partial charge in [0.2, 0.25) is 0 Å². The second kappa shape index (κ2) is 5.69. The molecule has 102 valence electrons. The van der Waals surface area contributed by atoms with Crippen molar-refractivity contribution in [2.24, 2.45) is 0 Å². The van der Waals surface area contributed by atoms with E-state index in [1.807, 2.05) is 12.1 Å². The zero-order valence-electron chi connectivity index (χ0n) is 10.9. The largest absolute Gasteiger partial charge is 0.378 e. The van der Waals surface area contributed by atoms with Gasteiger partial charge in [-0.25, -0.2) is 0 Å². The lowest BCUT2D eigenvalue weighted by Crippen LogP contribution is -2.05. The fraction of sp³-hybridized carbons (Fsp3) is 0.133. The molecule has 0 saturated carbocycles. The van der Waals surface area contributed by atoms with E-state index < -0.39 is 0 Å². The molecule has 2 N–H and O–H groups in total. The maximum atomic E-state index is 5.97. The Morgan fingerprint density at radius 3 is 2.65 bits per heavy atom. The van der Waals surface area contributed by atoms with Crippen LogP contribution in [0.4, 0.5) is 5.69 Å². The van der Waals surface area contributed by atoms with Crippen LogP contribution < -0.4 is 5.32 Å². The van der Waals surface area contributed by atoms with E-state index in [9.17, 15) is 0 Å². The third-order valence-corrected chi connectivity index (χ3v) is 4.28. The number of hydrogen-bond acceptors (Lipinski definition) is 3. The molecule has 5 heteroatoms. The van der Waals surface area contributed by atoms with Crippen LogP contribution in [0.2, 0.25) is 4.34 Å². The second-order valence-corrected chi connectivity index (χ2v) is 6.14. The molecule has 2 heterocycles. The van der Waals surface area contributed by atoms with Gasteiger partial charge in [-0.1, -0.05) is 23.7 Å². The first-order valence-corrected chi connectivity index (χ1v) is 7.58. The Morgan fingerprint density at radius 2 is 2.05 bits per heavy atom. The predicted molar refractivity (Wildman–Crippen MR) is 85.4 cm³/mol. The molecule has 0 saturated heterocycles. The van der Waals surface area contributed by atoms with Crippen LogP contribution in [0, 0.1) is 0 Å². The first-order chi connectivity index (χ1) is 9.72. The lowest BCUT2D eigenvalue weighted by Gasteiger charge is -2.14. The van der Waals surface area contributed by atoms with Crippen molar-refractivity contribution >= 4 is 28.6 Å². The molecule has 20 heavy (non-hydrogen) atoms. The van der Waals surface area contributed by atoms with Gasteiger partial charge in [0, 0.05) is 17.9 Å². The van der Waals surface area contributed by atoms with Crippen molar-refractivity contribution < 1.29 is 0 Å². The maximum Gasteiger partial charge on any atom is 0.0931 e. The maximum absolute atomic E-state index is 5.97. The van der Waals surface area contributed by atoms with Crippen LogP contribution in [-0.4, -0.2) is 10.2 Å². The number of H-pyrrole nitrogens is 1. The molecule has 2 aromatic heterocycles. The van der Waals surface area contributed by atoms with Crippen molar-refractivity contribution in [3.63, 3.8) is 0 Å². The quantitative estimate of drug-likeness (QED) is 0.715. The average molecular weight is 304 g/mol. The van der Waals surface area contributed by atoms with Crippen molar-refractivity contribution in [1.29, 1.82) is 0 Å². The molecule has 0 aliphatic heterocycles. The van der Waals surface area contributed by atoms with E-state index in [-0.39, 0.29) is 6.04 Å². The number of aromatic nitrogens is 2. The highest BCUT2D eigenvalue weighted by atomic mass is 35.5. The summed E-state index contributed by atoms with van der Waals surface area (Å²) in [5, 5.41) is 12.5. The fourth-order valence-electron chi connectivity index (χ4n) is 2.05. The van der Waals surface area contributed by atoms with Gasteiger partial charge in [-0.3, -0.25) is 5.10 Å². The van der Waals surface area contributed by atoms with E-state index in [4.69, 9.17) is 11.6 Å². The number of halogens is 1. The SMILES string of the molecule is CC(Nc1ccc(-c2ccn[nH]2)cc1)c1csc(Cl)c1. The van der Waals surface area contributed by atoms with E-state index in [2.05, 4.69) is 52.1 Å². The van der Waals surface area contributed by atoms with Crippen molar-refractivity contribution in [1.82, 2.24) is 10.2 Å². The minimum atomic E-state index is 0.233. The van der Waals surface area contributed by atoms with E-state index in [0.29, 0.717) is 0 Å². The lowest BCUT2D eigenvalue weighted by molar-refractivity contribution is 0.891. The Bertz CT molecular complexity index is 673. The smallest absolute Gasteiger partial charge is 0.0931 e. The molecule has 3 nitrogen and oxygen atoms in total. The number of aromatic amines is 1. The summed E-state index contributed by atoms with van der Waals surface area (Å²) < 4.78 is 0.822. The molecule has 0 amide bonds. The molecule has 0 fully saturated rings. The van der Waals surface area contributed by atoms with Crippen LogP contribution in [0.5, 0.6) is 0 Å². The zero-order chi connectivity index (χ0) is 13.9. The Hall–Kier alpha value is -1.78. The molecular formula is C15H14ClN3S. The summed E-state index contributed by atoms with van der Waals surface area (Å²) >= 11 is 7.53. The van der Waals surface area contributed by atoms with Gasteiger partial charge in [-0.15, -0.1) is 11.3 Å². The van der Waals surface area contributed by atoms with Crippen molar-refractivity contribution in [2.45, 2.75) is 13.0 Å². The molecule has 0 aliphatic carbocycles. The minimum Gasteiger partial charge on any atom is -0.378 e. The van der Waals surface area contributed by atoms with Crippen LogP contribution in [0.15, 0.2) is 48.0 Å². The third-order valence-electron chi connectivity index (χ3n) is 3.17. The molecule has 0 radical (unpaired) electrons. The topological polar surface area (TPSA) is 40.7 Å². The summed E-state index contributed by atoms with van der Waals surface area (Å²) in [5.74, 6) is 0. The predicted octanol–water partition coefficient (Wildman–Crippen LogP) is 4.96. The number of hydrogen-bond donors (Lipinski definition) is 2. The molecular weight excluding hydrogens is 290 g/mol. The van der Waals surface area contributed by atoms with Gasteiger partial charge < -0.3 is 5.32 Å². The average Bonchev–Trinajstić information content (AvgIpc) is 3.10. The second-order valence-electron chi connectivity index (χ2n) is 4.60. The standard InChI is InChI=1S/C15H14ClN3S/c1-10(12-8-15(16)20-9-12)18-13-4-2-11(3-5-13)14-6-7-17-19-14/h2-10,18H,1H3,(H,17,19). The van der Waals surface area contributed by atoms with E-state index in [1.54, 1.807) is 17.5 Å². The highest BCUT2D eigenvalue weighted by Crippen LogP contribution is 2.27. The lowest BCUT2D eigenvalue weighted by atomic mass is 10.1. The van der Waals surface area contributed by atoms with Gasteiger partial charge in [0.05, 0.1) is 10.0 Å². The first kappa shape index (κ1) is 13.2. The van der Waals surface area contributed by atoms with Crippen LogP contribution in [0.3, 0.4) is 0 Å². The van der Waals surface area contributed by atoms with Crippen LogP contribution >= 0.6 is 22.9 Å². The highest BCUT2D eigenvalue weighted by molar-refractivity contribution is 7.14. The number of nitrogens with zero attached hydrogens (tertiary/aromatic N) is 1. The first-order valence-electron chi connectivity index (χ1n) is 6.32. The van der Waals surface area contributed by atoms with Crippen LogP contribution in [0.25, 0.3) is 11.3 Å². The normalized spacial score (nSPS) is 12.3. The summed E-state index contributed by atoms with van der Waals surface area (Å²) in [6.07, 6.45) is 1.75. The number of nitrogens with one attached hydrogen (secondary N) is 2. The van der Waals surface area contributed by atoms with Crippen molar-refractivity contribution in [3.05, 3.63) is 57.9 Å². The van der Waals surface area contributed by atoms with E-state index in [0.717, 1.165) is 21.3 Å². The summed E-state index contributed by atoms with van der Waals surface area (Å²) in [4.78, 5) is 0.